The summed E-state index contributed by atoms with van der Waals surface area (Å²) in [5.41, 5.74) is 6.82. The van der Waals surface area contributed by atoms with Crippen molar-refractivity contribution in [3.8, 4) is 23.2 Å². The molecule has 2 atom stereocenters. The average molecular weight is 563 g/mol. The van der Waals surface area contributed by atoms with Crippen molar-refractivity contribution in [2.24, 2.45) is 5.41 Å². The summed E-state index contributed by atoms with van der Waals surface area (Å²) in [7, 11) is 2.14. The van der Waals surface area contributed by atoms with Gasteiger partial charge in [-0.15, -0.1) is 0 Å². The van der Waals surface area contributed by atoms with E-state index in [1.807, 2.05) is 0 Å². The van der Waals surface area contributed by atoms with Gasteiger partial charge >= 0.3 is 6.01 Å². The lowest BCUT2D eigenvalue weighted by atomic mass is 9.95. The third kappa shape index (κ3) is 4.90. The quantitative estimate of drug-likeness (QED) is 0.384. The molecule has 0 radical (unpaired) electrons. The van der Waals surface area contributed by atoms with Crippen LogP contribution in [-0.4, -0.2) is 77.6 Å². The summed E-state index contributed by atoms with van der Waals surface area (Å²) in [6.07, 6.45) is 8.91. The number of benzene rings is 2. The van der Waals surface area contributed by atoms with Gasteiger partial charge in [0.2, 0.25) is 5.91 Å². The van der Waals surface area contributed by atoms with E-state index in [0.29, 0.717) is 43.7 Å². The number of nitriles is 1. The van der Waals surface area contributed by atoms with Crippen LogP contribution in [0.4, 0.5) is 5.82 Å². The zero-order valence-electron chi connectivity index (χ0n) is 24.4. The molecular formula is C34H38N6O2. The fraction of sp³-hybridized carbons (Fsp3) is 0.471. The van der Waals surface area contributed by atoms with Crippen LogP contribution < -0.4 is 9.64 Å². The summed E-state index contributed by atoms with van der Waals surface area (Å²) >= 11 is 0. The Balaban J connectivity index is 1.26. The second kappa shape index (κ2) is 10.7. The van der Waals surface area contributed by atoms with Crippen molar-refractivity contribution >= 4 is 22.6 Å². The Morgan fingerprint density at radius 3 is 2.81 bits per heavy atom. The van der Waals surface area contributed by atoms with Crippen LogP contribution in [0, 0.1) is 16.7 Å². The smallest absolute Gasteiger partial charge is 0.319 e. The normalized spacial score (nSPS) is 22.8. The molecule has 7 rings (SSSR count). The molecule has 1 aromatic heterocycles. The molecule has 3 fully saturated rings. The van der Waals surface area contributed by atoms with Gasteiger partial charge in [0, 0.05) is 31.1 Å². The van der Waals surface area contributed by atoms with Gasteiger partial charge in [-0.1, -0.05) is 30.8 Å². The van der Waals surface area contributed by atoms with Crippen LogP contribution in [0.3, 0.4) is 0 Å². The number of carbonyl (C=O) groups is 1. The van der Waals surface area contributed by atoms with Crippen LogP contribution >= 0.6 is 0 Å². The van der Waals surface area contributed by atoms with Gasteiger partial charge in [-0.05, 0) is 98.0 Å². The lowest BCUT2D eigenvalue weighted by Crippen LogP contribution is -2.55. The first kappa shape index (κ1) is 26.9. The Morgan fingerprint density at radius 2 is 2.05 bits per heavy atom. The SMILES string of the molecule is C=CC(=O)N1CCN(c2nc(OC[C@@H]3CCCN3C)nc3cc(-c4cccc5c4CC4(CC4)C5)ccc23)C[C@@H]1CC#N. The maximum absolute atomic E-state index is 12.5. The molecule has 2 saturated heterocycles. The minimum absolute atomic E-state index is 0.139. The van der Waals surface area contributed by atoms with Gasteiger partial charge in [-0.3, -0.25) is 4.79 Å². The number of hydrogen-bond donors (Lipinski definition) is 0. The van der Waals surface area contributed by atoms with Crippen molar-refractivity contribution in [1.82, 2.24) is 19.8 Å². The van der Waals surface area contributed by atoms with Crippen LogP contribution in [0.5, 0.6) is 6.01 Å². The van der Waals surface area contributed by atoms with Crippen molar-refractivity contribution in [1.29, 1.82) is 5.26 Å². The molecule has 8 heteroatoms. The third-order valence-corrected chi connectivity index (χ3v) is 9.96. The number of ether oxygens (including phenoxy) is 1. The van der Waals surface area contributed by atoms with E-state index in [1.165, 1.54) is 60.4 Å². The number of nitrogens with zero attached hydrogens (tertiary/aromatic N) is 6. The second-order valence-corrected chi connectivity index (χ2v) is 12.6. The Labute approximate surface area is 247 Å². The van der Waals surface area contributed by atoms with Crippen molar-refractivity contribution in [3.63, 3.8) is 0 Å². The number of rotatable bonds is 7. The summed E-state index contributed by atoms with van der Waals surface area (Å²) in [6, 6.07) is 16.0. The van der Waals surface area contributed by atoms with E-state index >= 15 is 0 Å². The molecule has 2 aliphatic heterocycles. The first-order valence-electron chi connectivity index (χ1n) is 15.3. The minimum Gasteiger partial charge on any atom is -0.462 e. The molecule has 0 unspecified atom stereocenters. The average Bonchev–Trinajstić information content (AvgIpc) is 3.45. The topological polar surface area (TPSA) is 85.6 Å². The Hall–Kier alpha value is -3.96. The number of likely N-dealkylation sites (N-methyl/N-ethyl adjacent to an activating group) is 1. The van der Waals surface area contributed by atoms with Crippen LogP contribution in [-0.2, 0) is 17.6 Å². The van der Waals surface area contributed by atoms with Gasteiger partial charge in [0.05, 0.1) is 24.0 Å². The molecule has 1 amide bonds. The molecule has 0 bridgehead atoms. The number of fused-ring (bicyclic) bond motifs is 2. The monoisotopic (exact) mass is 562 g/mol. The van der Waals surface area contributed by atoms with Crippen molar-refractivity contribution < 1.29 is 9.53 Å². The summed E-state index contributed by atoms with van der Waals surface area (Å²) in [6.45, 7) is 6.91. The molecule has 3 heterocycles. The zero-order valence-corrected chi connectivity index (χ0v) is 24.4. The summed E-state index contributed by atoms with van der Waals surface area (Å²) in [5, 5.41) is 10.5. The summed E-state index contributed by atoms with van der Waals surface area (Å²) in [4.78, 5) is 28.7. The minimum atomic E-state index is -0.239. The number of likely N-dealkylation sites (tertiary alicyclic amines) is 1. The van der Waals surface area contributed by atoms with Gasteiger partial charge in [-0.2, -0.15) is 15.2 Å². The number of hydrogen-bond acceptors (Lipinski definition) is 7. The number of anilines is 1. The van der Waals surface area contributed by atoms with Gasteiger partial charge in [-0.25, -0.2) is 0 Å². The largest absolute Gasteiger partial charge is 0.462 e. The molecule has 2 aliphatic carbocycles. The van der Waals surface area contributed by atoms with Crippen LogP contribution in [0.1, 0.15) is 43.2 Å². The van der Waals surface area contributed by atoms with E-state index in [9.17, 15) is 10.1 Å². The molecule has 42 heavy (non-hydrogen) atoms. The number of piperazine rings is 1. The third-order valence-electron chi connectivity index (χ3n) is 9.96. The molecule has 4 aliphatic rings. The highest BCUT2D eigenvalue weighted by molar-refractivity contribution is 5.93. The second-order valence-electron chi connectivity index (χ2n) is 12.6. The van der Waals surface area contributed by atoms with Gasteiger partial charge < -0.3 is 19.4 Å². The lowest BCUT2D eigenvalue weighted by Gasteiger charge is -2.41. The van der Waals surface area contributed by atoms with Crippen LogP contribution in [0.25, 0.3) is 22.0 Å². The highest BCUT2D eigenvalue weighted by Crippen LogP contribution is 2.57. The van der Waals surface area contributed by atoms with E-state index in [2.05, 4.69) is 65.9 Å². The first-order chi connectivity index (χ1) is 20.5. The molecule has 1 saturated carbocycles. The van der Waals surface area contributed by atoms with Crippen molar-refractivity contribution in [2.75, 3.05) is 44.7 Å². The van der Waals surface area contributed by atoms with E-state index < -0.39 is 0 Å². The predicted molar refractivity (Wildman–Crippen MR) is 163 cm³/mol. The Morgan fingerprint density at radius 1 is 1.17 bits per heavy atom. The van der Waals surface area contributed by atoms with E-state index in [4.69, 9.17) is 14.7 Å². The number of carbonyl (C=O) groups excluding carboxylic acids is 1. The first-order valence-corrected chi connectivity index (χ1v) is 15.3. The fourth-order valence-electron chi connectivity index (χ4n) is 7.31. The lowest BCUT2D eigenvalue weighted by molar-refractivity contribution is -0.128. The predicted octanol–water partition coefficient (Wildman–Crippen LogP) is 4.77. The molecule has 216 valence electrons. The van der Waals surface area contributed by atoms with Gasteiger partial charge in [0.1, 0.15) is 12.4 Å². The zero-order chi connectivity index (χ0) is 28.8. The molecule has 0 N–H and O–H groups in total. The van der Waals surface area contributed by atoms with E-state index in [0.717, 1.165) is 29.7 Å². The number of amides is 1. The summed E-state index contributed by atoms with van der Waals surface area (Å²) < 4.78 is 6.29. The molecule has 8 nitrogen and oxygen atoms in total. The maximum atomic E-state index is 12.5. The maximum Gasteiger partial charge on any atom is 0.319 e. The van der Waals surface area contributed by atoms with E-state index in [-0.39, 0.29) is 18.4 Å². The highest BCUT2D eigenvalue weighted by atomic mass is 16.5. The van der Waals surface area contributed by atoms with Gasteiger partial charge in [0.15, 0.2) is 0 Å². The number of aromatic nitrogens is 2. The molecular weight excluding hydrogens is 524 g/mol. The molecule has 2 aromatic carbocycles. The molecule has 1 spiro atoms. The summed E-state index contributed by atoms with van der Waals surface area (Å²) in [5.74, 6) is 0.658. The van der Waals surface area contributed by atoms with E-state index in [1.54, 1.807) is 4.90 Å². The highest BCUT2D eigenvalue weighted by Gasteiger charge is 2.47. The standard InChI is InChI=1S/C34H38N6O2/c1-3-31(41)40-17-16-39(21-25(40)11-14-35)32-28-10-9-23(27-8-4-6-24-19-34(12-13-34)20-29(24)27)18-30(28)36-33(37-32)42-22-26-7-5-15-38(26)2/h3-4,6,8-10,18,25-26H,1,5,7,11-13,15-17,19-22H2,2H3/t25-,26-/m0/s1. The van der Waals surface area contributed by atoms with Crippen LogP contribution in [0.15, 0.2) is 49.1 Å². The van der Waals surface area contributed by atoms with Gasteiger partial charge in [0.25, 0.3) is 0 Å². The van der Waals surface area contributed by atoms with Crippen molar-refractivity contribution in [2.45, 2.75) is 57.0 Å². The Kier molecular flexibility index (Phi) is 6.86. The Bertz CT molecular complexity index is 1590. The molecule has 3 aromatic rings. The fourth-order valence-corrected chi connectivity index (χ4v) is 7.31. The van der Waals surface area contributed by atoms with Crippen LogP contribution in [0.2, 0.25) is 0 Å². The van der Waals surface area contributed by atoms with Crippen molar-refractivity contribution in [3.05, 3.63) is 60.2 Å².